The number of rotatable bonds is 2. The molecule has 1 aromatic heterocycles. The van der Waals surface area contributed by atoms with Crippen LogP contribution in [0.2, 0.25) is 0 Å². The van der Waals surface area contributed by atoms with Crippen molar-refractivity contribution in [1.82, 2.24) is 9.88 Å². The van der Waals surface area contributed by atoms with Gasteiger partial charge in [0, 0.05) is 19.3 Å². The Bertz CT molecular complexity index is 455. The maximum absolute atomic E-state index is 12.1. The zero-order chi connectivity index (χ0) is 12.3. The van der Waals surface area contributed by atoms with Crippen molar-refractivity contribution in [1.29, 1.82) is 0 Å². The van der Waals surface area contributed by atoms with Crippen LogP contribution < -0.4 is 11.3 Å². The van der Waals surface area contributed by atoms with Gasteiger partial charge in [-0.05, 0) is 37.4 Å². The van der Waals surface area contributed by atoms with Gasteiger partial charge in [0.05, 0.1) is 0 Å². The van der Waals surface area contributed by atoms with Crippen LogP contribution >= 0.6 is 0 Å². The first kappa shape index (κ1) is 11.9. The third-order valence-electron chi connectivity index (χ3n) is 3.19. The molecule has 2 heterocycles. The van der Waals surface area contributed by atoms with E-state index in [2.05, 4.69) is 4.98 Å². The number of hydrogen-bond donors (Lipinski definition) is 2. The largest absolute Gasteiger partial charge is 0.338 e. The summed E-state index contributed by atoms with van der Waals surface area (Å²) in [7, 11) is 0. The van der Waals surface area contributed by atoms with E-state index in [-0.39, 0.29) is 17.0 Å². The summed E-state index contributed by atoms with van der Waals surface area (Å²) < 4.78 is 0. The van der Waals surface area contributed by atoms with Crippen LogP contribution in [-0.4, -0.2) is 35.4 Å². The second-order valence-electron chi connectivity index (χ2n) is 4.41. The highest BCUT2D eigenvalue weighted by Crippen LogP contribution is 2.16. The Kier molecular flexibility index (Phi) is 3.58. The Labute approximate surface area is 99.6 Å². The van der Waals surface area contributed by atoms with Gasteiger partial charge in [-0.25, -0.2) is 0 Å². The predicted molar refractivity (Wildman–Crippen MR) is 64.7 cm³/mol. The number of pyridine rings is 1. The van der Waals surface area contributed by atoms with Crippen LogP contribution in [0.25, 0.3) is 0 Å². The molecule has 0 saturated carbocycles. The maximum atomic E-state index is 12.1. The number of aromatic amines is 1. The predicted octanol–water partition coefficient (Wildman–Crippen LogP) is 0.186. The lowest BCUT2D eigenvalue weighted by Gasteiger charge is -2.31. The van der Waals surface area contributed by atoms with E-state index < -0.39 is 0 Å². The minimum Gasteiger partial charge on any atom is -0.338 e. The molecule has 0 bridgehead atoms. The number of H-pyrrole nitrogens is 1. The number of aromatic nitrogens is 1. The summed E-state index contributed by atoms with van der Waals surface area (Å²) in [5.74, 6) is 0.167. The molecule has 2 rings (SSSR count). The van der Waals surface area contributed by atoms with Gasteiger partial charge in [0.2, 0.25) is 0 Å². The van der Waals surface area contributed by atoms with E-state index in [1.807, 2.05) is 0 Å². The molecule has 5 heteroatoms. The Morgan fingerprint density at radius 1 is 1.59 bits per heavy atom. The van der Waals surface area contributed by atoms with Crippen LogP contribution in [0.15, 0.2) is 23.1 Å². The van der Waals surface area contributed by atoms with Crippen molar-refractivity contribution >= 4 is 5.91 Å². The van der Waals surface area contributed by atoms with Gasteiger partial charge < -0.3 is 15.6 Å². The number of carbonyl (C=O) groups is 1. The lowest BCUT2D eigenvalue weighted by molar-refractivity contribution is 0.0676. The Morgan fingerprint density at radius 2 is 2.41 bits per heavy atom. The second-order valence-corrected chi connectivity index (χ2v) is 4.41. The molecular formula is C12H17N3O2. The lowest BCUT2D eigenvalue weighted by atomic mass is 9.98. The molecule has 0 aromatic carbocycles. The van der Waals surface area contributed by atoms with Crippen LogP contribution in [0.3, 0.4) is 0 Å². The van der Waals surface area contributed by atoms with Gasteiger partial charge in [-0.3, -0.25) is 9.59 Å². The fourth-order valence-electron chi connectivity index (χ4n) is 2.20. The standard InChI is InChI=1S/C12H17N3O2/c13-7-9-3-2-6-15(8-9)12(17)10-4-1-5-14-11(10)16/h1,4-5,9H,2-3,6-8,13H2,(H,14,16). The molecule has 0 aliphatic carbocycles. The average Bonchev–Trinajstić information content (AvgIpc) is 2.38. The molecule has 1 saturated heterocycles. The summed E-state index contributed by atoms with van der Waals surface area (Å²) in [5, 5.41) is 0. The number of likely N-dealkylation sites (tertiary alicyclic amines) is 1. The lowest BCUT2D eigenvalue weighted by Crippen LogP contribution is -2.43. The molecule has 0 radical (unpaired) electrons. The van der Waals surface area contributed by atoms with Crippen LogP contribution in [0.1, 0.15) is 23.2 Å². The van der Waals surface area contributed by atoms with E-state index in [1.165, 1.54) is 6.20 Å². The average molecular weight is 235 g/mol. The molecule has 92 valence electrons. The van der Waals surface area contributed by atoms with Crippen molar-refractivity contribution in [3.8, 4) is 0 Å². The molecule has 0 spiro atoms. The van der Waals surface area contributed by atoms with Crippen LogP contribution in [0, 0.1) is 5.92 Å². The van der Waals surface area contributed by atoms with Crippen molar-refractivity contribution in [2.75, 3.05) is 19.6 Å². The fourth-order valence-corrected chi connectivity index (χ4v) is 2.20. The van der Waals surface area contributed by atoms with Gasteiger partial charge in [-0.15, -0.1) is 0 Å². The van der Waals surface area contributed by atoms with E-state index in [0.717, 1.165) is 12.8 Å². The molecule has 5 nitrogen and oxygen atoms in total. The fraction of sp³-hybridized carbons (Fsp3) is 0.500. The van der Waals surface area contributed by atoms with E-state index in [9.17, 15) is 9.59 Å². The minimum absolute atomic E-state index is 0.190. The highest BCUT2D eigenvalue weighted by Gasteiger charge is 2.24. The molecule has 1 unspecified atom stereocenters. The summed E-state index contributed by atoms with van der Waals surface area (Å²) in [5.41, 5.74) is 5.51. The van der Waals surface area contributed by atoms with Gasteiger partial charge in [-0.1, -0.05) is 0 Å². The number of nitrogens with zero attached hydrogens (tertiary/aromatic N) is 1. The summed E-state index contributed by atoms with van der Waals surface area (Å²) in [4.78, 5) is 27.9. The first-order valence-electron chi connectivity index (χ1n) is 5.89. The zero-order valence-electron chi connectivity index (χ0n) is 9.69. The number of nitrogens with two attached hydrogens (primary N) is 1. The molecule has 1 atom stereocenters. The van der Waals surface area contributed by atoms with Gasteiger partial charge in [0.25, 0.3) is 11.5 Å². The van der Waals surface area contributed by atoms with Crippen LogP contribution in [0.4, 0.5) is 0 Å². The highest BCUT2D eigenvalue weighted by molar-refractivity contribution is 5.93. The van der Waals surface area contributed by atoms with E-state index in [4.69, 9.17) is 5.73 Å². The third kappa shape index (κ3) is 2.55. The normalized spacial score (nSPS) is 20.3. The second kappa shape index (κ2) is 5.14. The summed E-state index contributed by atoms with van der Waals surface area (Å²) >= 11 is 0. The molecule has 17 heavy (non-hydrogen) atoms. The van der Waals surface area contributed by atoms with Crippen molar-refractivity contribution < 1.29 is 4.79 Å². The van der Waals surface area contributed by atoms with Gasteiger partial charge in [-0.2, -0.15) is 0 Å². The zero-order valence-corrected chi connectivity index (χ0v) is 9.69. The van der Waals surface area contributed by atoms with E-state index in [0.29, 0.717) is 25.6 Å². The number of nitrogens with one attached hydrogen (secondary N) is 1. The van der Waals surface area contributed by atoms with Gasteiger partial charge >= 0.3 is 0 Å². The van der Waals surface area contributed by atoms with Crippen molar-refractivity contribution in [3.63, 3.8) is 0 Å². The van der Waals surface area contributed by atoms with E-state index in [1.54, 1.807) is 17.0 Å². The molecule has 1 fully saturated rings. The summed E-state index contributed by atoms with van der Waals surface area (Å²) in [6.07, 6.45) is 3.54. The summed E-state index contributed by atoms with van der Waals surface area (Å²) in [6.45, 7) is 1.96. The van der Waals surface area contributed by atoms with Gasteiger partial charge in [0.15, 0.2) is 0 Å². The Balaban J connectivity index is 2.15. The SMILES string of the molecule is NCC1CCCN(C(=O)c2ccc[nH]c2=O)C1. The number of piperidine rings is 1. The molecular weight excluding hydrogens is 218 g/mol. The number of hydrogen-bond acceptors (Lipinski definition) is 3. The number of amides is 1. The monoisotopic (exact) mass is 235 g/mol. The van der Waals surface area contributed by atoms with Crippen molar-refractivity contribution in [3.05, 3.63) is 34.2 Å². The van der Waals surface area contributed by atoms with E-state index >= 15 is 0 Å². The minimum atomic E-state index is -0.327. The first-order valence-corrected chi connectivity index (χ1v) is 5.89. The molecule has 1 amide bonds. The third-order valence-corrected chi connectivity index (χ3v) is 3.19. The van der Waals surface area contributed by atoms with Crippen LogP contribution in [-0.2, 0) is 0 Å². The molecule has 1 aliphatic heterocycles. The highest BCUT2D eigenvalue weighted by atomic mass is 16.2. The van der Waals surface area contributed by atoms with Crippen molar-refractivity contribution in [2.45, 2.75) is 12.8 Å². The Hall–Kier alpha value is -1.62. The maximum Gasteiger partial charge on any atom is 0.260 e. The first-order chi connectivity index (χ1) is 8.22. The van der Waals surface area contributed by atoms with Crippen molar-refractivity contribution in [2.24, 2.45) is 11.7 Å². The Morgan fingerprint density at radius 3 is 3.12 bits per heavy atom. The van der Waals surface area contributed by atoms with Gasteiger partial charge in [0.1, 0.15) is 5.56 Å². The topological polar surface area (TPSA) is 79.2 Å². The summed E-state index contributed by atoms with van der Waals surface area (Å²) in [6, 6.07) is 3.23. The van der Waals surface area contributed by atoms with Crippen LogP contribution in [0.5, 0.6) is 0 Å². The number of carbonyl (C=O) groups excluding carboxylic acids is 1. The quantitative estimate of drug-likeness (QED) is 0.767. The molecule has 3 N–H and O–H groups in total. The molecule has 1 aromatic rings. The molecule has 1 aliphatic rings. The smallest absolute Gasteiger partial charge is 0.260 e.